The molecular weight excluding hydrogens is 480 g/mol. The summed E-state index contributed by atoms with van der Waals surface area (Å²) in [5.41, 5.74) is 0.647. The number of carbonyl (C=O) groups is 2. The zero-order valence-electron chi connectivity index (χ0n) is 23.0. The second-order valence-electron chi connectivity index (χ2n) is 8.91. The lowest BCUT2D eigenvalue weighted by molar-refractivity contribution is -0.117. The topological polar surface area (TPSA) is 168 Å². The molecular formula is C24H28N8O5. The Morgan fingerprint density at radius 1 is 1.27 bits per heavy atom. The summed E-state index contributed by atoms with van der Waals surface area (Å²) < 4.78 is 33.2. The van der Waals surface area contributed by atoms with Crippen molar-refractivity contribution in [3.63, 3.8) is 0 Å². The van der Waals surface area contributed by atoms with E-state index in [1.54, 1.807) is 18.2 Å². The largest absolute Gasteiger partial charge is 0.494 e. The first-order valence-corrected chi connectivity index (χ1v) is 11.8. The monoisotopic (exact) mass is 511 g/mol. The molecule has 1 aromatic carbocycles. The average Bonchev–Trinajstić information content (AvgIpc) is 3.52. The van der Waals surface area contributed by atoms with Crippen LogP contribution in [0, 0.1) is 5.92 Å². The molecule has 0 bridgehead atoms. The van der Waals surface area contributed by atoms with Crippen molar-refractivity contribution in [1.29, 1.82) is 0 Å². The number of carbonyl (C=O) groups excluding carboxylic acids is 2. The zero-order chi connectivity index (χ0) is 28.4. The number of nitrogens with one attached hydrogen (secondary N) is 3. The van der Waals surface area contributed by atoms with Crippen molar-refractivity contribution < 1.29 is 28.1 Å². The molecule has 13 nitrogen and oxygen atoms in total. The van der Waals surface area contributed by atoms with Crippen molar-refractivity contribution in [1.82, 2.24) is 30.6 Å². The molecule has 1 aliphatic carbocycles. The van der Waals surface area contributed by atoms with Crippen LogP contribution >= 0.6 is 0 Å². The number of para-hydroxylation sites is 1. The van der Waals surface area contributed by atoms with Gasteiger partial charge < -0.3 is 30.3 Å². The fourth-order valence-electron chi connectivity index (χ4n) is 4.10. The minimum absolute atomic E-state index is 0.0830. The van der Waals surface area contributed by atoms with Gasteiger partial charge in [0.15, 0.2) is 17.3 Å². The van der Waals surface area contributed by atoms with Crippen molar-refractivity contribution in [2.24, 2.45) is 5.92 Å². The summed E-state index contributed by atoms with van der Waals surface area (Å²) in [6.45, 7) is -1.11. The Hall–Kier alpha value is -4.10. The summed E-state index contributed by atoms with van der Waals surface area (Å²) in [6.07, 6.45) is 1.88. The van der Waals surface area contributed by atoms with Gasteiger partial charge in [-0.15, -0.1) is 10.2 Å². The molecule has 37 heavy (non-hydrogen) atoms. The highest BCUT2D eigenvalue weighted by Crippen LogP contribution is 2.37. The number of amides is 2. The number of aliphatic hydroxyl groups excluding tert-OH is 1. The van der Waals surface area contributed by atoms with Gasteiger partial charge in [0.1, 0.15) is 0 Å². The van der Waals surface area contributed by atoms with Crippen LogP contribution in [0.3, 0.4) is 0 Å². The van der Waals surface area contributed by atoms with Crippen molar-refractivity contribution in [2.75, 3.05) is 37.8 Å². The Balaban J connectivity index is 1.44. The lowest BCUT2D eigenvalue weighted by atomic mass is 10.1. The van der Waals surface area contributed by atoms with Crippen LogP contribution in [0.5, 0.6) is 5.75 Å². The van der Waals surface area contributed by atoms with Gasteiger partial charge >= 0.3 is 0 Å². The molecule has 2 aliphatic rings. The molecule has 2 fully saturated rings. The Labute approximate surface area is 216 Å². The van der Waals surface area contributed by atoms with E-state index >= 15 is 0 Å². The number of benzene rings is 1. The summed E-state index contributed by atoms with van der Waals surface area (Å²) >= 11 is 0. The molecule has 0 spiro atoms. The minimum atomic E-state index is -2.75. The van der Waals surface area contributed by atoms with E-state index in [1.807, 2.05) is 10.2 Å². The van der Waals surface area contributed by atoms with E-state index in [1.165, 1.54) is 13.2 Å². The summed E-state index contributed by atoms with van der Waals surface area (Å²) in [6, 6.07) is 6.50. The van der Waals surface area contributed by atoms with E-state index in [0.717, 1.165) is 19.4 Å². The number of hydrogen-bond acceptors (Lipinski definition) is 11. The predicted octanol–water partition coefficient (Wildman–Crippen LogP) is 1.55. The van der Waals surface area contributed by atoms with Crippen LogP contribution in [0.1, 0.15) is 39.8 Å². The second-order valence-corrected chi connectivity index (χ2v) is 8.91. The average molecular weight is 512 g/mol. The summed E-state index contributed by atoms with van der Waals surface area (Å²) in [4.78, 5) is 31.5. The predicted molar refractivity (Wildman–Crippen MR) is 132 cm³/mol. The fraction of sp³-hybridized carbons (Fsp3) is 0.417. The highest BCUT2D eigenvalue weighted by molar-refractivity contribution is 6.00. The van der Waals surface area contributed by atoms with Gasteiger partial charge in [0.05, 0.1) is 36.7 Å². The molecule has 194 valence electrons. The van der Waals surface area contributed by atoms with Crippen LogP contribution in [-0.2, 0) is 11.3 Å². The number of likely N-dealkylation sites (tertiary alicyclic amines) is 1. The van der Waals surface area contributed by atoms with Gasteiger partial charge in [-0.2, -0.15) is 4.98 Å². The fourth-order valence-corrected chi connectivity index (χ4v) is 4.10. The smallest absolute Gasteiger partial charge is 0.273 e. The maximum Gasteiger partial charge on any atom is 0.273 e. The lowest BCUT2D eigenvalue weighted by Crippen LogP contribution is -2.22. The molecule has 5 rings (SSSR count). The molecule has 2 amide bonds. The standard InChI is InChI=1S/C24H28N8O5/c1-25-24(35)20-17(10-18(29-30-20)27-23(34)13-6-7-13)26-16-5-3-4-15(21(16)36-2)22-28-19(37-31-22)12-32-9-8-14(33)11-32/h3-5,10,13-14,33H,6-9,11-12H2,1-2H3,(H,25,35)(H2,26,27,29,34)/i1D3. The number of ether oxygens (including phenoxy) is 1. The van der Waals surface area contributed by atoms with E-state index in [2.05, 4.69) is 31.0 Å². The maximum atomic E-state index is 12.7. The van der Waals surface area contributed by atoms with Gasteiger partial charge in [-0.25, -0.2) is 0 Å². The normalized spacial score (nSPS) is 19.0. The Bertz CT molecular complexity index is 1410. The number of aromatic nitrogens is 4. The molecule has 1 unspecified atom stereocenters. The Kier molecular flexibility index (Phi) is 5.96. The van der Waals surface area contributed by atoms with E-state index in [-0.39, 0.29) is 41.0 Å². The Morgan fingerprint density at radius 2 is 2.14 bits per heavy atom. The first-order chi connectivity index (χ1) is 19.1. The molecule has 1 aliphatic heterocycles. The van der Waals surface area contributed by atoms with Crippen molar-refractivity contribution in [2.45, 2.75) is 31.9 Å². The number of β-amino-alcohol motifs (C(OH)–C–C–N with tert-alkyl or cyclic N) is 1. The first kappa shape index (κ1) is 21.0. The van der Waals surface area contributed by atoms with Gasteiger partial charge in [-0.3, -0.25) is 14.5 Å². The van der Waals surface area contributed by atoms with Crippen molar-refractivity contribution >= 4 is 29.0 Å². The number of methoxy groups -OCH3 is 1. The molecule has 0 radical (unpaired) electrons. The van der Waals surface area contributed by atoms with Crippen LogP contribution in [0.15, 0.2) is 28.8 Å². The van der Waals surface area contributed by atoms with Crippen molar-refractivity contribution in [3.8, 4) is 17.1 Å². The van der Waals surface area contributed by atoms with Gasteiger partial charge in [0.25, 0.3) is 5.91 Å². The van der Waals surface area contributed by atoms with Crippen LogP contribution in [0.2, 0.25) is 0 Å². The van der Waals surface area contributed by atoms with Crippen molar-refractivity contribution in [3.05, 3.63) is 35.9 Å². The van der Waals surface area contributed by atoms with Crippen LogP contribution < -0.4 is 20.7 Å². The summed E-state index contributed by atoms with van der Waals surface area (Å²) in [5, 5.41) is 29.2. The quantitative estimate of drug-likeness (QED) is 0.329. The van der Waals surface area contributed by atoms with Crippen LogP contribution in [-0.4, -0.2) is 75.4 Å². The molecule has 1 saturated heterocycles. The Morgan fingerprint density at radius 3 is 2.86 bits per heavy atom. The van der Waals surface area contributed by atoms with Crippen LogP contribution in [0.25, 0.3) is 11.4 Å². The number of rotatable bonds is 9. The van der Waals surface area contributed by atoms with Crippen LogP contribution in [0.4, 0.5) is 17.2 Å². The van der Waals surface area contributed by atoms with Gasteiger partial charge in [0, 0.05) is 36.2 Å². The maximum absolute atomic E-state index is 12.7. The SMILES string of the molecule is [2H]C([2H])([2H])NC(=O)c1nnc(NC(=O)C2CC2)cc1Nc1cccc(-c2noc(CN3CCC(O)C3)n2)c1OC. The second kappa shape index (κ2) is 10.5. The summed E-state index contributed by atoms with van der Waals surface area (Å²) in [5.74, 6) is -0.244. The molecule has 3 heterocycles. The highest BCUT2D eigenvalue weighted by atomic mass is 16.5. The lowest BCUT2D eigenvalue weighted by Gasteiger charge is -2.16. The number of anilines is 3. The van der Waals surface area contributed by atoms with E-state index in [0.29, 0.717) is 42.4 Å². The van der Waals surface area contributed by atoms with Gasteiger partial charge in [-0.05, 0) is 31.4 Å². The van der Waals surface area contributed by atoms with Gasteiger partial charge in [0.2, 0.25) is 17.6 Å². The number of nitrogens with zero attached hydrogens (tertiary/aromatic N) is 5. The minimum Gasteiger partial charge on any atom is -0.494 e. The molecule has 4 N–H and O–H groups in total. The number of hydrogen-bond donors (Lipinski definition) is 4. The number of aliphatic hydroxyl groups is 1. The third kappa shape index (κ3) is 5.52. The molecule has 2 aromatic heterocycles. The highest BCUT2D eigenvalue weighted by Gasteiger charge is 2.30. The zero-order valence-corrected chi connectivity index (χ0v) is 20.0. The first-order valence-electron chi connectivity index (χ1n) is 13.3. The third-order valence-corrected chi connectivity index (χ3v) is 6.13. The molecule has 3 aromatic rings. The molecule has 13 heteroatoms. The molecule has 1 saturated carbocycles. The third-order valence-electron chi connectivity index (χ3n) is 6.13. The van der Waals surface area contributed by atoms with Gasteiger partial charge in [-0.1, -0.05) is 11.2 Å². The van der Waals surface area contributed by atoms with E-state index in [4.69, 9.17) is 13.4 Å². The molecule has 1 atom stereocenters. The summed E-state index contributed by atoms with van der Waals surface area (Å²) in [7, 11) is 1.45. The van der Waals surface area contributed by atoms with E-state index < -0.39 is 12.9 Å². The van der Waals surface area contributed by atoms with E-state index in [9.17, 15) is 14.7 Å².